The molecule has 8 heteroatoms. The standard InChI is InChI=1S/C20H21N5O3/c1-13-18(20(27)28-4)24-25(19(13)23-3)16-10-14(9-15(11-16)12-21)5-6-17(26)7-8-22-2/h9-11,17,22,26H,3,7-8H2,1-2,4H3. The van der Waals surface area contributed by atoms with Crippen LogP contribution < -0.4 is 5.32 Å². The molecule has 0 amide bonds. The minimum Gasteiger partial charge on any atom is -0.464 e. The number of carbonyl (C=O) groups is 1. The number of aromatic nitrogens is 2. The van der Waals surface area contributed by atoms with Crippen LogP contribution in [-0.2, 0) is 4.74 Å². The van der Waals surface area contributed by atoms with Crippen LogP contribution in [0, 0.1) is 30.1 Å². The molecule has 1 atom stereocenters. The quantitative estimate of drug-likeness (QED) is 0.447. The van der Waals surface area contributed by atoms with Gasteiger partial charge in [-0.2, -0.15) is 10.4 Å². The van der Waals surface area contributed by atoms with Crippen molar-refractivity contribution in [3.63, 3.8) is 0 Å². The second-order valence-corrected chi connectivity index (χ2v) is 5.92. The minimum absolute atomic E-state index is 0.113. The van der Waals surface area contributed by atoms with Crippen molar-refractivity contribution in [1.82, 2.24) is 15.1 Å². The molecule has 0 bridgehead atoms. The lowest BCUT2D eigenvalue weighted by Crippen LogP contribution is -2.15. The van der Waals surface area contributed by atoms with Gasteiger partial charge in [-0.1, -0.05) is 11.8 Å². The van der Waals surface area contributed by atoms with E-state index in [1.165, 1.54) is 11.8 Å². The Bertz CT molecular complexity index is 992. The van der Waals surface area contributed by atoms with Gasteiger partial charge in [0.15, 0.2) is 11.5 Å². The number of hydrogen-bond acceptors (Lipinski definition) is 7. The number of methoxy groups -OCH3 is 1. The maximum atomic E-state index is 11.9. The van der Waals surface area contributed by atoms with Gasteiger partial charge < -0.3 is 15.2 Å². The van der Waals surface area contributed by atoms with Gasteiger partial charge in [0.2, 0.25) is 0 Å². The van der Waals surface area contributed by atoms with Crippen LogP contribution in [0.5, 0.6) is 0 Å². The number of carbonyl (C=O) groups excluding carboxylic acids is 1. The number of nitrogens with zero attached hydrogens (tertiary/aromatic N) is 4. The average molecular weight is 379 g/mol. The first-order valence-electron chi connectivity index (χ1n) is 8.49. The Labute approximate surface area is 163 Å². The molecule has 0 radical (unpaired) electrons. The zero-order chi connectivity index (χ0) is 20.7. The van der Waals surface area contributed by atoms with Crippen LogP contribution in [0.4, 0.5) is 5.82 Å². The Morgan fingerprint density at radius 2 is 2.18 bits per heavy atom. The number of aliphatic hydroxyl groups excluding tert-OH is 1. The highest BCUT2D eigenvalue weighted by Gasteiger charge is 2.21. The van der Waals surface area contributed by atoms with Gasteiger partial charge >= 0.3 is 5.97 Å². The van der Waals surface area contributed by atoms with Gasteiger partial charge in [-0.25, -0.2) is 14.5 Å². The Balaban J connectivity index is 2.53. The summed E-state index contributed by atoms with van der Waals surface area (Å²) >= 11 is 0. The highest BCUT2D eigenvalue weighted by Crippen LogP contribution is 2.27. The first kappa shape index (κ1) is 20.8. The van der Waals surface area contributed by atoms with Gasteiger partial charge in [-0.3, -0.25) is 0 Å². The van der Waals surface area contributed by atoms with Crippen molar-refractivity contribution < 1.29 is 14.6 Å². The summed E-state index contributed by atoms with van der Waals surface area (Å²) in [6, 6.07) is 6.98. The molecule has 2 N–H and O–H groups in total. The van der Waals surface area contributed by atoms with Gasteiger partial charge in [0.05, 0.1) is 24.4 Å². The van der Waals surface area contributed by atoms with E-state index < -0.39 is 12.1 Å². The van der Waals surface area contributed by atoms with Gasteiger partial charge in [0.25, 0.3) is 0 Å². The molecule has 1 aromatic carbocycles. The van der Waals surface area contributed by atoms with Crippen molar-refractivity contribution in [3.05, 3.63) is 40.6 Å². The first-order chi connectivity index (χ1) is 13.4. The molecule has 8 nitrogen and oxygen atoms in total. The number of hydrogen-bond donors (Lipinski definition) is 2. The number of aliphatic hydroxyl groups is 1. The molecule has 0 spiro atoms. The summed E-state index contributed by atoms with van der Waals surface area (Å²) < 4.78 is 6.16. The van der Waals surface area contributed by atoms with Crippen LogP contribution in [0.25, 0.3) is 5.69 Å². The molecule has 0 saturated heterocycles. The van der Waals surface area contributed by atoms with E-state index in [0.717, 1.165) is 0 Å². The van der Waals surface area contributed by atoms with Crippen LogP contribution in [0.1, 0.15) is 33.6 Å². The molecule has 0 fully saturated rings. The number of ether oxygens (including phenoxy) is 1. The molecular formula is C20H21N5O3. The first-order valence-corrected chi connectivity index (χ1v) is 8.49. The molecule has 2 aromatic rings. The van der Waals surface area contributed by atoms with Gasteiger partial charge in [-0.15, -0.1) is 0 Å². The molecule has 2 rings (SSSR count). The van der Waals surface area contributed by atoms with E-state index in [9.17, 15) is 15.2 Å². The smallest absolute Gasteiger partial charge is 0.358 e. The topological polar surface area (TPSA) is 113 Å². The fourth-order valence-corrected chi connectivity index (χ4v) is 2.53. The summed E-state index contributed by atoms with van der Waals surface area (Å²) in [5.74, 6) is 5.40. The highest BCUT2D eigenvalue weighted by atomic mass is 16.5. The number of benzene rings is 1. The average Bonchev–Trinajstić information content (AvgIpc) is 3.06. The fraction of sp³-hybridized carbons (Fsp3) is 0.300. The summed E-state index contributed by atoms with van der Waals surface area (Å²) in [6.07, 6.45) is -0.301. The van der Waals surface area contributed by atoms with Crippen molar-refractivity contribution in [2.45, 2.75) is 19.4 Å². The largest absolute Gasteiger partial charge is 0.464 e. The molecule has 0 aliphatic heterocycles. The van der Waals surface area contributed by atoms with Gasteiger partial charge in [-0.05, 0) is 51.9 Å². The summed E-state index contributed by atoms with van der Waals surface area (Å²) in [5, 5.41) is 26.4. The van der Waals surface area contributed by atoms with E-state index in [4.69, 9.17) is 4.74 Å². The van der Waals surface area contributed by atoms with E-state index in [2.05, 4.69) is 40.0 Å². The third-order valence-corrected chi connectivity index (χ3v) is 3.96. The SMILES string of the molecule is C=Nc1c(C)c(C(=O)OC)nn1-c1cc(C#N)cc(C#CC(O)CCNC)c1. The van der Waals surface area contributed by atoms with E-state index in [1.54, 1.807) is 32.2 Å². The lowest BCUT2D eigenvalue weighted by Gasteiger charge is -2.06. The summed E-state index contributed by atoms with van der Waals surface area (Å²) in [5.41, 5.74) is 2.00. The second kappa shape index (κ2) is 9.47. The van der Waals surface area contributed by atoms with E-state index >= 15 is 0 Å². The van der Waals surface area contributed by atoms with Crippen molar-refractivity contribution >= 4 is 18.5 Å². The molecule has 1 heterocycles. The Morgan fingerprint density at radius 1 is 1.46 bits per heavy atom. The maximum absolute atomic E-state index is 11.9. The molecule has 1 unspecified atom stereocenters. The van der Waals surface area contributed by atoms with E-state index in [0.29, 0.717) is 41.2 Å². The molecule has 0 aliphatic rings. The third-order valence-electron chi connectivity index (χ3n) is 3.96. The van der Waals surface area contributed by atoms with E-state index in [1.807, 2.05) is 0 Å². The zero-order valence-corrected chi connectivity index (χ0v) is 16.0. The summed E-state index contributed by atoms with van der Waals surface area (Å²) in [7, 11) is 3.06. The molecule has 144 valence electrons. The van der Waals surface area contributed by atoms with Crippen LogP contribution in [0.3, 0.4) is 0 Å². The number of nitriles is 1. The molecule has 0 saturated carbocycles. The van der Waals surface area contributed by atoms with Crippen LogP contribution in [-0.4, -0.2) is 54.4 Å². The molecule has 1 aromatic heterocycles. The van der Waals surface area contributed by atoms with Crippen LogP contribution in [0.15, 0.2) is 23.2 Å². The number of aliphatic imine (C=N–C) groups is 1. The fourth-order valence-electron chi connectivity index (χ4n) is 2.53. The summed E-state index contributed by atoms with van der Waals surface area (Å²) in [4.78, 5) is 15.9. The third kappa shape index (κ3) is 4.63. The molecular weight excluding hydrogens is 358 g/mol. The highest BCUT2D eigenvalue weighted by molar-refractivity contribution is 5.90. The van der Waals surface area contributed by atoms with Gasteiger partial charge in [0, 0.05) is 11.1 Å². The Kier molecular flexibility index (Phi) is 7.05. The number of esters is 1. The Morgan fingerprint density at radius 3 is 2.79 bits per heavy atom. The zero-order valence-electron chi connectivity index (χ0n) is 16.0. The lowest BCUT2D eigenvalue weighted by molar-refractivity contribution is 0.0592. The van der Waals surface area contributed by atoms with Crippen molar-refractivity contribution in [2.24, 2.45) is 4.99 Å². The monoisotopic (exact) mass is 379 g/mol. The van der Waals surface area contributed by atoms with Gasteiger partial charge in [0.1, 0.15) is 6.10 Å². The molecule has 0 aliphatic carbocycles. The van der Waals surface area contributed by atoms with Crippen LogP contribution >= 0.6 is 0 Å². The number of rotatable bonds is 6. The van der Waals surface area contributed by atoms with Crippen molar-refractivity contribution in [2.75, 3.05) is 20.7 Å². The summed E-state index contributed by atoms with van der Waals surface area (Å²) in [6.45, 7) is 5.86. The normalized spacial score (nSPS) is 11.1. The van der Waals surface area contributed by atoms with E-state index in [-0.39, 0.29) is 5.69 Å². The lowest BCUT2D eigenvalue weighted by atomic mass is 10.1. The maximum Gasteiger partial charge on any atom is 0.358 e. The minimum atomic E-state index is -0.787. The van der Waals surface area contributed by atoms with Crippen molar-refractivity contribution in [1.29, 1.82) is 5.26 Å². The van der Waals surface area contributed by atoms with Crippen LogP contribution in [0.2, 0.25) is 0 Å². The Hall–Kier alpha value is -3.46. The molecule has 28 heavy (non-hydrogen) atoms. The number of nitrogens with one attached hydrogen (secondary N) is 1. The second-order valence-electron chi connectivity index (χ2n) is 5.92. The predicted molar refractivity (Wildman–Crippen MR) is 105 cm³/mol. The predicted octanol–water partition coefficient (Wildman–Crippen LogP) is 1.49. The van der Waals surface area contributed by atoms with Crippen molar-refractivity contribution in [3.8, 4) is 23.6 Å².